The molecule has 0 saturated carbocycles. The third-order valence-electron chi connectivity index (χ3n) is 3.22. The second-order valence-electron chi connectivity index (χ2n) is 5.13. The molecule has 0 amide bonds. The molecule has 3 N–H and O–H groups in total. The lowest BCUT2D eigenvalue weighted by molar-refractivity contribution is 0.676. The van der Waals surface area contributed by atoms with Crippen LogP contribution >= 0.6 is 11.3 Å². The van der Waals surface area contributed by atoms with E-state index >= 15 is 0 Å². The van der Waals surface area contributed by atoms with Crippen molar-refractivity contribution in [3.8, 4) is 0 Å². The highest BCUT2D eigenvalue weighted by Crippen LogP contribution is 2.24. The average Bonchev–Trinajstić information content (AvgIpc) is 2.94. The van der Waals surface area contributed by atoms with E-state index in [1.54, 1.807) is 0 Å². The first-order chi connectivity index (χ1) is 9.54. The number of hydrogen-bond donors (Lipinski definition) is 2. The molecule has 0 unspecified atom stereocenters. The number of benzene rings is 1. The Kier molecular flexibility index (Phi) is 3.10. The molecule has 5 nitrogen and oxygen atoms in total. The summed E-state index contributed by atoms with van der Waals surface area (Å²) in [6, 6.07) is 5.74. The lowest BCUT2D eigenvalue weighted by Gasteiger charge is -2.10. The average molecular weight is 288 g/mol. The van der Waals surface area contributed by atoms with Crippen LogP contribution in [-0.2, 0) is 6.54 Å². The van der Waals surface area contributed by atoms with Gasteiger partial charge in [-0.1, -0.05) is 25.2 Å². The van der Waals surface area contributed by atoms with Gasteiger partial charge in [0, 0.05) is 22.7 Å². The number of nitrogens with one attached hydrogen (secondary N) is 1. The van der Waals surface area contributed by atoms with Crippen LogP contribution in [0.5, 0.6) is 0 Å². The number of nitrogen functional groups attached to an aromatic ring is 1. The maximum Gasteiger partial charge on any atom is 0.304 e. The molecule has 0 atom stereocenters. The summed E-state index contributed by atoms with van der Waals surface area (Å²) in [7, 11) is 0. The van der Waals surface area contributed by atoms with Crippen molar-refractivity contribution in [3.05, 3.63) is 44.8 Å². The fourth-order valence-corrected chi connectivity index (χ4v) is 2.91. The smallest absolute Gasteiger partial charge is 0.304 e. The van der Waals surface area contributed by atoms with E-state index in [0.29, 0.717) is 18.2 Å². The molecule has 0 aliphatic rings. The zero-order valence-corrected chi connectivity index (χ0v) is 12.2. The monoisotopic (exact) mass is 288 g/mol. The minimum absolute atomic E-state index is 0.0280. The van der Waals surface area contributed by atoms with Crippen molar-refractivity contribution < 1.29 is 0 Å². The number of nitrogens with zero attached hydrogens (tertiary/aromatic N) is 2. The molecular formula is C14H16N4OS. The molecule has 104 valence electrons. The van der Waals surface area contributed by atoms with Crippen molar-refractivity contribution in [2.24, 2.45) is 0 Å². The molecule has 2 aromatic heterocycles. The number of thiazole rings is 1. The highest BCUT2D eigenvalue weighted by molar-refractivity contribution is 7.07. The SMILES string of the molecule is CC(C)c1nc2cc(N)ccc2n1Cc1csc(=O)[nH]1. The third kappa shape index (κ3) is 2.22. The number of nitrogens with two attached hydrogens (primary N) is 1. The van der Waals surface area contributed by atoms with Gasteiger partial charge in [0.2, 0.25) is 0 Å². The summed E-state index contributed by atoms with van der Waals surface area (Å²) in [5.74, 6) is 1.30. The molecule has 1 aromatic carbocycles. The van der Waals surface area contributed by atoms with Crippen LogP contribution in [0.3, 0.4) is 0 Å². The van der Waals surface area contributed by atoms with Gasteiger partial charge in [0.25, 0.3) is 0 Å². The Balaban J connectivity index is 2.15. The first kappa shape index (κ1) is 12.9. The van der Waals surface area contributed by atoms with Crippen molar-refractivity contribution in [2.45, 2.75) is 26.3 Å². The molecule has 20 heavy (non-hydrogen) atoms. The molecule has 0 radical (unpaired) electrons. The molecule has 0 saturated heterocycles. The molecule has 2 heterocycles. The normalized spacial score (nSPS) is 11.6. The van der Waals surface area contributed by atoms with E-state index in [9.17, 15) is 4.79 Å². The number of H-pyrrole nitrogens is 1. The summed E-state index contributed by atoms with van der Waals surface area (Å²) in [6.45, 7) is 4.83. The zero-order valence-electron chi connectivity index (χ0n) is 11.4. The number of aromatic nitrogens is 3. The van der Waals surface area contributed by atoms with E-state index in [-0.39, 0.29) is 4.87 Å². The Morgan fingerprint density at radius 3 is 2.90 bits per heavy atom. The van der Waals surface area contributed by atoms with E-state index in [0.717, 1.165) is 22.6 Å². The second-order valence-corrected chi connectivity index (χ2v) is 5.97. The molecule has 0 spiro atoms. The molecule has 3 rings (SSSR count). The summed E-state index contributed by atoms with van der Waals surface area (Å²) in [5, 5.41) is 1.86. The zero-order chi connectivity index (χ0) is 14.3. The van der Waals surface area contributed by atoms with Crippen LogP contribution in [0, 0.1) is 0 Å². The van der Waals surface area contributed by atoms with Gasteiger partial charge in [0.1, 0.15) is 5.82 Å². The van der Waals surface area contributed by atoms with Crippen LogP contribution in [0.1, 0.15) is 31.3 Å². The molecule has 0 aliphatic carbocycles. The van der Waals surface area contributed by atoms with Crippen LogP contribution in [0.15, 0.2) is 28.4 Å². The van der Waals surface area contributed by atoms with Crippen LogP contribution in [0.25, 0.3) is 11.0 Å². The Morgan fingerprint density at radius 2 is 2.25 bits per heavy atom. The molecule has 0 bridgehead atoms. The lowest BCUT2D eigenvalue weighted by Crippen LogP contribution is -2.08. The standard InChI is InChI=1S/C14H16N4OS/c1-8(2)13-17-11-5-9(15)3-4-12(11)18(13)6-10-7-20-14(19)16-10/h3-5,7-8H,6,15H2,1-2H3,(H,16,19). The molecule has 0 fully saturated rings. The number of hydrogen-bond acceptors (Lipinski definition) is 4. The van der Waals surface area contributed by atoms with Gasteiger partial charge >= 0.3 is 4.87 Å². The van der Waals surface area contributed by atoms with Gasteiger partial charge in [-0.05, 0) is 18.2 Å². The summed E-state index contributed by atoms with van der Waals surface area (Å²) < 4.78 is 2.14. The first-order valence-corrected chi connectivity index (χ1v) is 7.35. The first-order valence-electron chi connectivity index (χ1n) is 6.47. The Bertz CT molecular complexity index is 812. The quantitative estimate of drug-likeness (QED) is 0.727. The van der Waals surface area contributed by atoms with Crippen LogP contribution in [0.2, 0.25) is 0 Å². The van der Waals surface area contributed by atoms with E-state index in [1.165, 1.54) is 11.3 Å². The number of fused-ring (bicyclic) bond motifs is 1. The fourth-order valence-electron chi connectivity index (χ4n) is 2.33. The molecular weight excluding hydrogens is 272 g/mol. The van der Waals surface area contributed by atoms with Gasteiger partial charge in [0.15, 0.2) is 0 Å². The number of imidazole rings is 1. The summed E-state index contributed by atoms with van der Waals surface area (Å²) in [4.78, 5) is 18.8. The Labute approximate surface area is 120 Å². The largest absolute Gasteiger partial charge is 0.399 e. The molecule has 6 heteroatoms. The minimum atomic E-state index is -0.0280. The van der Waals surface area contributed by atoms with E-state index in [4.69, 9.17) is 5.73 Å². The van der Waals surface area contributed by atoms with Gasteiger partial charge in [0.05, 0.1) is 17.6 Å². The van der Waals surface area contributed by atoms with Crippen molar-refractivity contribution >= 4 is 28.1 Å². The van der Waals surface area contributed by atoms with E-state index in [2.05, 4.69) is 28.4 Å². The van der Waals surface area contributed by atoms with Crippen molar-refractivity contribution in [1.82, 2.24) is 14.5 Å². The van der Waals surface area contributed by atoms with Crippen LogP contribution < -0.4 is 10.6 Å². The van der Waals surface area contributed by atoms with Gasteiger partial charge in [-0.15, -0.1) is 0 Å². The molecule has 0 aliphatic heterocycles. The van der Waals surface area contributed by atoms with Crippen LogP contribution in [-0.4, -0.2) is 14.5 Å². The highest BCUT2D eigenvalue weighted by Gasteiger charge is 2.14. The van der Waals surface area contributed by atoms with Gasteiger partial charge in [-0.25, -0.2) is 4.98 Å². The van der Waals surface area contributed by atoms with Gasteiger partial charge in [-0.3, -0.25) is 4.79 Å². The predicted octanol–water partition coefficient (Wildman–Crippen LogP) is 2.54. The Morgan fingerprint density at radius 1 is 1.45 bits per heavy atom. The maximum atomic E-state index is 11.3. The van der Waals surface area contributed by atoms with Crippen molar-refractivity contribution in [1.29, 1.82) is 0 Å². The van der Waals surface area contributed by atoms with Gasteiger partial charge in [-0.2, -0.15) is 0 Å². The van der Waals surface area contributed by atoms with Crippen molar-refractivity contribution in [3.63, 3.8) is 0 Å². The predicted molar refractivity (Wildman–Crippen MR) is 82.3 cm³/mol. The number of rotatable bonds is 3. The minimum Gasteiger partial charge on any atom is -0.399 e. The maximum absolute atomic E-state index is 11.3. The van der Waals surface area contributed by atoms with E-state index < -0.39 is 0 Å². The van der Waals surface area contributed by atoms with Crippen LogP contribution in [0.4, 0.5) is 5.69 Å². The number of aromatic amines is 1. The number of anilines is 1. The van der Waals surface area contributed by atoms with Gasteiger partial charge < -0.3 is 15.3 Å². The van der Waals surface area contributed by atoms with Crippen molar-refractivity contribution in [2.75, 3.05) is 5.73 Å². The Hall–Kier alpha value is -2.08. The van der Waals surface area contributed by atoms with E-state index in [1.807, 2.05) is 23.6 Å². The molecule has 3 aromatic rings. The third-order valence-corrected chi connectivity index (χ3v) is 3.94. The topological polar surface area (TPSA) is 76.7 Å². The lowest BCUT2D eigenvalue weighted by atomic mass is 10.2. The fraction of sp³-hybridized carbons (Fsp3) is 0.286. The summed E-state index contributed by atoms with van der Waals surface area (Å²) in [5.41, 5.74) is 9.36. The summed E-state index contributed by atoms with van der Waals surface area (Å²) in [6.07, 6.45) is 0. The summed E-state index contributed by atoms with van der Waals surface area (Å²) >= 11 is 1.18. The second kappa shape index (κ2) is 4.79. The highest BCUT2D eigenvalue weighted by atomic mass is 32.1.